The number of thiocarbonyl (C=S) groups is 1. The van der Waals surface area contributed by atoms with Crippen molar-refractivity contribution in [2.24, 2.45) is 0 Å². The second kappa shape index (κ2) is 10.8. The maximum absolute atomic E-state index is 12.7. The molecule has 0 aliphatic carbocycles. The smallest absolute Gasteiger partial charge is 0.269 e. The molecule has 32 heavy (non-hydrogen) atoms. The standard InChI is InChI=1S/C23H21N5O3S/c24-12-3-13-25-22(29)21(15-16-6-7-17-4-1-2-5-18(17)14-16)27-23(32)26-19-8-10-20(11-9-19)28(30)31/h1-2,4-11,14,21H,3,13,15H2,(H,25,29)(H2,26,27,32). The maximum Gasteiger partial charge on any atom is 0.269 e. The van der Waals surface area contributed by atoms with Crippen LogP contribution in [0.25, 0.3) is 10.8 Å². The van der Waals surface area contributed by atoms with Crippen molar-refractivity contribution in [1.82, 2.24) is 10.6 Å². The summed E-state index contributed by atoms with van der Waals surface area (Å²) >= 11 is 5.36. The number of non-ortho nitro benzene ring substituents is 1. The second-order valence-corrected chi connectivity index (χ2v) is 7.45. The third-order valence-corrected chi connectivity index (χ3v) is 4.97. The van der Waals surface area contributed by atoms with Gasteiger partial charge in [0.1, 0.15) is 6.04 Å². The van der Waals surface area contributed by atoms with Crippen LogP contribution in [0.15, 0.2) is 66.7 Å². The Labute approximate surface area is 190 Å². The number of benzene rings is 3. The average Bonchev–Trinajstić information content (AvgIpc) is 2.79. The topological polar surface area (TPSA) is 120 Å². The van der Waals surface area contributed by atoms with Crippen molar-refractivity contribution in [3.8, 4) is 6.07 Å². The Morgan fingerprint density at radius 2 is 1.81 bits per heavy atom. The van der Waals surface area contributed by atoms with E-state index >= 15 is 0 Å². The minimum atomic E-state index is -0.673. The minimum Gasteiger partial charge on any atom is -0.353 e. The van der Waals surface area contributed by atoms with Crippen LogP contribution in [0.3, 0.4) is 0 Å². The van der Waals surface area contributed by atoms with Gasteiger partial charge in [-0.3, -0.25) is 14.9 Å². The SMILES string of the molecule is N#CCCNC(=O)C(Cc1ccc2ccccc2c1)NC(=S)Nc1ccc([N+](=O)[O-])cc1. The fourth-order valence-electron chi connectivity index (χ4n) is 3.17. The van der Waals surface area contributed by atoms with Crippen LogP contribution in [-0.2, 0) is 11.2 Å². The molecular formula is C23H21N5O3S. The van der Waals surface area contributed by atoms with Gasteiger partial charge in [0.05, 0.1) is 17.4 Å². The monoisotopic (exact) mass is 447 g/mol. The van der Waals surface area contributed by atoms with Gasteiger partial charge < -0.3 is 16.0 Å². The number of hydrogen-bond donors (Lipinski definition) is 3. The zero-order chi connectivity index (χ0) is 22.9. The van der Waals surface area contributed by atoms with Crippen molar-refractivity contribution in [1.29, 1.82) is 5.26 Å². The van der Waals surface area contributed by atoms with Crippen molar-refractivity contribution < 1.29 is 9.72 Å². The number of amides is 1. The van der Waals surface area contributed by atoms with Crippen LogP contribution in [0, 0.1) is 21.4 Å². The lowest BCUT2D eigenvalue weighted by molar-refractivity contribution is -0.384. The van der Waals surface area contributed by atoms with Crippen molar-refractivity contribution >= 4 is 45.4 Å². The lowest BCUT2D eigenvalue weighted by atomic mass is 10.0. The fraction of sp³-hybridized carbons (Fsp3) is 0.174. The van der Waals surface area contributed by atoms with Crippen molar-refractivity contribution in [2.45, 2.75) is 18.9 Å². The van der Waals surface area contributed by atoms with E-state index in [4.69, 9.17) is 17.5 Å². The van der Waals surface area contributed by atoms with Gasteiger partial charge in [-0.2, -0.15) is 5.26 Å². The lowest BCUT2D eigenvalue weighted by Gasteiger charge is -2.21. The molecule has 3 aromatic carbocycles. The molecule has 3 aromatic rings. The zero-order valence-electron chi connectivity index (χ0n) is 17.1. The minimum absolute atomic E-state index is 0.0273. The van der Waals surface area contributed by atoms with E-state index in [1.165, 1.54) is 24.3 Å². The highest BCUT2D eigenvalue weighted by atomic mass is 32.1. The van der Waals surface area contributed by atoms with Gasteiger partial charge >= 0.3 is 0 Å². The molecule has 9 heteroatoms. The fourth-order valence-corrected chi connectivity index (χ4v) is 3.43. The molecule has 1 atom stereocenters. The lowest BCUT2D eigenvalue weighted by Crippen LogP contribution is -2.49. The van der Waals surface area contributed by atoms with Crippen LogP contribution in [0.1, 0.15) is 12.0 Å². The Bertz CT molecular complexity index is 1170. The van der Waals surface area contributed by atoms with Gasteiger partial charge in [0.25, 0.3) is 5.69 Å². The van der Waals surface area contributed by atoms with E-state index in [0.717, 1.165) is 16.3 Å². The number of nitriles is 1. The van der Waals surface area contributed by atoms with Crippen LogP contribution in [-0.4, -0.2) is 28.5 Å². The number of nitro groups is 1. The van der Waals surface area contributed by atoms with E-state index < -0.39 is 11.0 Å². The molecule has 0 spiro atoms. The summed E-state index contributed by atoms with van der Waals surface area (Å²) in [5.74, 6) is -0.277. The van der Waals surface area contributed by atoms with E-state index in [9.17, 15) is 14.9 Å². The molecule has 8 nitrogen and oxygen atoms in total. The highest BCUT2D eigenvalue weighted by Gasteiger charge is 2.20. The van der Waals surface area contributed by atoms with Gasteiger partial charge in [-0.15, -0.1) is 0 Å². The first-order valence-electron chi connectivity index (χ1n) is 9.90. The number of carbonyl (C=O) groups excluding carboxylic acids is 1. The second-order valence-electron chi connectivity index (χ2n) is 7.04. The Morgan fingerprint density at radius 1 is 1.09 bits per heavy atom. The Morgan fingerprint density at radius 3 is 2.50 bits per heavy atom. The van der Waals surface area contributed by atoms with Gasteiger partial charge in [0, 0.05) is 30.8 Å². The van der Waals surface area contributed by atoms with Crippen molar-refractivity contribution in [3.63, 3.8) is 0 Å². The van der Waals surface area contributed by atoms with Crippen LogP contribution >= 0.6 is 12.2 Å². The molecular weight excluding hydrogens is 426 g/mol. The van der Waals surface area contributed by atoms with Crippen LogP contribution in [0.4, 0.5) is 11.4 Å². The van der Waals surface area contributed by atoms with E-state index in [0.29, 0.717) is 12.1 Å². The molecule has 3 N–H and O–H groups in total. The number of nitrogens with zero attached hydrogens (tertiary/aromatic N) is 2. The highest BCUT2D eigenvalue weighted by Crippen LogP contribution is 2.18. The van der Waals surface area contributed by atoms with E-state index in [1.807, 2.05) is 48.5 Å². The van der Waals surface area contributed by atoms with Crippen LogP contribution < -0.4 is 16.0 Å². The summed E-state index contributed by atoms with van der Waals surface area (Å²) in [6.45, 7) is 0.244. The molecule has 0 aliphatic rings. The molecule has 3 rings (SSSR count). The Balaban J connectivity index is 1.72. The largest absolute Gasteiger partial charge is 0.353 e. The molecule has 0 radical (unpaired) electrons. The molecule has 0 saturated carbocycles. The molecule has 1 amide bonds. The first-order chi connectivity index (χ1) is 15.5. The molecule has 1 unspecified atom stereocenters. The maximum atomic E-state index is 12.7. The van der Waals surface area contributed by atoms with E-state index in [-0.39, 0.29) is 29.7 Å². The van der Waals surface area contributed by atoms with Crippen LogP contribution in [0.2, 0.25) is 0 Å². The molecule has 0 fully saturated rings. The number of nitrogens with one attached hydrogen (secondary N) is 3. The molecule has 0 aliphatic heterocycles. The first kappa shape index (κ1) is 22.7. The highest BCUT2D eigenvalue weighted by molar-refractivity contribution is 7.80. The van der Waals surface area contributed by atoms with Gasteiger partial charge in [-0.1, -0.05) is 42.5 Å². The molecule has 0 heterocycles. The third kappa shape index (κ3) is 6.23. The summed E-state index contributed by atoms with van der Waals surface area (Å²) in [6, 6.07) is 21.1. The number of nitro benzene ring substituents is 1. The summed E-state index contributed by atoms with van der Waals surface area (Å²) in [4.78, 5) is 23.1. The molecule has 0 aromatic heterocycles. The van der Waals surface area contributed by atoms with Gasteiger partial charge in [0.15, 0.2) is 5.11 Å². The van der Waals surface area contributed by atoms with Gasteiger partial charge in [-0.05, 0) is 40.7 Å². The Hall–Kier alpha value is -4.03. The summed E-state index contributed by atoms with van der Waals surface area (Å²) in [5.41, 5.74) is 1.48. The summed E-state index contributed by atoms with van der Waals surface area (Å²) in [7, 11) is 0. The molecule has 162 valence electrons. The molecule has 0 bridgehead atoms. The predicted octanol–water partition coefficient (Wildman–Crippen LogP) is 3.68. The number of fused-ring (bicyclic) bond motifs is 1. The normalized spacial score (nSPS) is 11.2. The quantitative estimate of drug-likeness (QED) is 0.208. The number of rotatable bonds is 8. The van der Waals surface area contributed by atoms with E-state index in [2.05, 4.69) is 16.0 Å². The van der Waals surface area contributed by atoms with E-state index in [1.54, 1.807) is 0 Å². The van der Waals surface area contributed by atoms with Crippen LogP contribution in [0.5, 0.6) is 0 Å². The molecule has 0 saturated heterocycles. The van der Waals surface area contributed by atoms with Gasteiger partial charge in [0.2, 0.25) is 5.91 Å². The summed E-state index contributed by atoms with van der Waals surface area (Å²) < 4.78 is 0. The van der Waals surface area contributed by atoms with Crippen molar-refractivity contribution in [3.05, 3.63) is 82.4 Å². The van der Waals surface area contributed by atoms with Gasteiger partial charge in [-0.25, -0.2) is 0 Å². The Kier molecular flexibility index (Phi) is 7.67. The summed E-state index contributed by atoms with van der Waals surface area (Å²) in [5, 5.41) is 30.6. The number of anilines is 1. The number of hydrogen-bond acceptors (Lipinski definition) is 5. The first-order valence-corrected chi connectivity index (χ1v) is 10.3. The zero-order valence-corrected chi connectivity index (χ0v) is 17.9. The average molecular weight is 448 g/mol. The van der Waals surface area contributed by atoms with Crippen molar-refractivity contribution in [2.75, 3.05) is 11.9 Å². The predicted molar refractivity (Wildman–Crippen MR) is 127 cm³/mol. The third-order valence-electron chi connectivity index (χ3n) is 4.75. The summed E-state index contributed by atoms with van der Waals surface area (Å²) in [6.07, 6.45) is 0.589. The number of carbonyl (C=O) groups is 1.